The third-order valence-corrected chi connectivity index (χ3v) is 4.94. The van der Waals surface area contributed by atoms with E-state index in [0.717, 1.165) is 17.2 Å². The maximum atomic E-state index is 12.7. The van der Waals surface area contributed by atoms with Crippen LogP contribution in [0.1, 0.15) is 43.3 Å². The second kappa shape index (κ2) is 5.58. The van der Waals surface area contributed by atoms with Gasteiger partial charge in [0.2, 0.25) is 0 Å². The van der Waals surface area contributed by atoms with E-state index in [1.807, 2.05) is 24.3 Å². The fourth-order valence-electron chi connectivity index (χ4n) is 3.17. The molecule has 2 heterocycles. The van der Waals surface area contributed by atoms with Crippen molar-refractivity contribution in [3.8, 4) is 0 Å². The SMILES string of the molecule is C[C@@H]1C[C@@H]1c1ccc(/C=N\N2C(=O)N[C@](C)(c3ccccc3)C2=O)o1. The molecule has 6 nitrogen and oxygen atoms in total. The van der Waals surface area contributed by atoms with E-state index in [1.54, 1.807) is 25.1 Å². The van der Waals surface area contributed by atoms with Gasteiger partial charge in [0.15, 0.2) is 0 Å². The zero-order valence-corrected chi connectivity index (χ0v) is 14.1. The highest BCUT2D eigenvalue weighted by atomic mass is 16.3. The van der Waals surface area contributed by atoms with Crippen LogP contribution in [0.3, 0.4) is 0 Å². The molecule has 2 fully saturated rings. The Balaban J connectivity index is 1.54. The zero-order chi connectivity index (χ0) is 17.6. The third-order valence-electron chi connectivity index (χ3n) is 4.94. The van der Waals surface area contributed by atoms with Crippen molar-refractivity contribution in [2.45, 2.75) is 31.7 Å². The molecule has 0 radical (unpaired) electrons. The van der Waals surface area contributed by atoms with Gasteiger partial charge in [0.1, 0.15) is 17.1 Å². The van der Waals surface area contributed by atoms with Crippen molar-refractivity contribution in [1.29, 1.82) is 0 Å². The number of rotatable bonds is 4. The summed E-state index contributed by atoms with van der Waals surface area (Å²) in [4.78, 5) is 24.9. The van der Waals surface area contributed by atoms with Gasteiger partial charge in [0, 0.05) is 5.92 Å². The van der Waals surface area contributed by atoms with Gasteiger partial charge >= 0.3 is 6.03 Å². The number of imide groups is 1. The maximum absolute atomic E-state index is 12.7. The molecule has 0 spiro atoms. The molecular weight excluding hydrogens is 318 g/mol. The van der Waals surface area contributed by atoms with Crippen molar-refractivity contribution >= 4 is 18.2 Å². The molecule has 0 bridgehead atoms. The van der Waals surface area contributed by atoms with E-state index in [4.69, 9.17) is 4.42 Å². The molecule has 6 heteroatoms. The number of carbonyl (C=O) groups is 2. The standard InChI is InChI=1S/C19H19N3O3/c1-12-10-15(12)16-9-8-14(25-16)11-20-22-17(23)19(2,21-18(22)24)13-6-4-3-5-7-13/h3-9,11-12,15H,10H2,1-2H3,(H,21,24)/b20-11-/t12-,15+,19-/m1/s1. The summed E-state index contributed by atoms with van der Waals surface area (Å²) in [6.45, 7) is 3.86. The molecule has 4 rings (SSSR count). The van der Waals surface area contributed by atoms with Crippen molar-refractivity contribution in [3.05, 3.63) is 59.5 Å². The van der Waals surface area contributed by atoms with E-state index in [-0.39, 0.29) is 0 Å². The van der Waals surface area contributed by atoms with Crippen molar-refractivity contribution in [2.75, 3.05) is 0 Å². The van der Waals surface area contributed by atoms with Crippen LogP contribution < -0.4 is 5.32 Å². The predicted octanol–water partition coefficient (Wildman–Crippen LogP) is 3.20. The van der Waals surface area contributed by atoms with Gasteiger partial charge in [-0.15, -0.1) is 5.01 Å². The van der Waals surface area contributed by atoms with Crippen LogP contribution in [-0.2, 0) is 10.3 Å². The summed E-state index contributed by atoms with van der Waals surface area (Å²) in [5.41, 5.74) is -0.401. The van der Waals surface area contributed by atoms with Crippen LogP contribution >= 0.6 is 0 Å². The average molecular weight is 337 g/mol. The minimum atomic E-state index is -1.12. The number of carbonyl (C=O) groups excluding carboxylic acids is 2. The Morgan fingerprint density at radius 3 is 2.64 bits per heavy atom. The minimum Gasteiger partial charge on any atom is -0.460 e. The quantitative estimate of drug-likeness (QED) is 0.687. The number of hydrogen-bond donors (Lipinski definition) is 1. The Bertz CT molecular complexity index is 858. The van der Waals surface area contributed by atoms with Gasteiger partial charge in [-0.25, -0.2) is 4.79 Å². The molecule has 1 N–H and O–H groups in total. The van der Waals surface area contributed by atoms with Crippen LogP contribution in [-0.4, -0.2) is 23.2 Å². The smallest absolute Gasteiger partial charge is 0.346 e. The van der Waals surface area contributed by atoms with E-state index in [0.29, 0.717) is 23.2 Å². The second-order valence-electron chi connectivity index (χ2n) is 6.84. The monoisotopic (exact) mass is 337 g/mol. The summed E-state index contributed by atoms with van der Waals surface area (Å²) >= 11 is 0. The van der Waals surface area contributed by atoms with Gasteiger partial charge in [0.25, 0.3) is 5.91 Å². The maximum Gasteiger partial charge on any atom is 0.346 e. The van der Waals surface area contributed by atoms with E-state index in [2.05, 4.69) is 17.3 Å². The topological polar surface area (TPSA) is 74.9 Å². The van der Waals surface area contributed by atoms with Gasteiger partial charge in [-0.1, -0.05) is 37.3 Å². The number of hydrazone groups is 1. The Labute approximate surface area is 145 Å². The summed E-state index contributed by atoms with van der Waals surface area (Å²) in [7, 11) is 0. The first-order valence-electron chi connectivity index (χ1n) is 8.35. The highest BCUT2D eigenvalue weighted by Crippen LogP contribution is 2.47. The van der Waals surface area contributed by atoms with Crippen molar-refractivity contribution < 1.29 is 14.0 Å². The highest BCUT2D eigenvalue weighted by molar-refractivity contribution is 6.07. The summed E-state index contributed by atoms with van der Waals surface area (Å²) in [6, 6.07) is 12.3. The van der Waals surface area contributed by atoms with Gasteiger partial charge in [-0.2, -0.15) is 5.10 Å². The molecule has 1 aromatic carbocycles. The van der Waals surface area contributed by atoms with Gasteiger partial charge < -0.3 is 9.73 Å². The molecule has 2 aliphatic rings. The van der Waals surface area contributed by atoms with Gasteiger partial charge in [-0.3, -0.25) is 4.79 Å². The molecule has 0 unspecified atom stereocenters. The number of urea groups is 1. The first-order valence-corrected chi connectivity index (χ1v) is 8.35. The summed E-state index contributed by atoms with van der Waals surface area (Å²) < 4.78 is 5.73. The molecule has 25 heavy (non-hydrogen) atoms. The van der Waals surface area contributed by atoms with Crippen molar-refractivity contribution in [2.24, 2.45) is 11.0 Å². The minimum absolute atomic E-state index is 0.414. The number of furan rings is 1. The molecule has 2 aromatic rings. The molecule has 1 saturated carbocycles. The average Bonchev–Trinajstić information content (AvgIpc) is 3.07. The zero-order valence-electron chi connectivity index (χ0n) is 14.1. The van der Waals surface area contributed by atoms with Crippen molar-refractivity contribution in [3.63, 3.8) is 0 Å². The molecule has 3 atom stereocenters. The summed E-state index contributed by atoms with van der Waals surface area (Å²) in [5.74, 6) is 2.17. The Kier molecular flexibility index (Phi) is 3.49. The molecule has 1 aromatic heterocycles. The molecular formula is C19H19N3O3. The first kappa shape index (κ1) is 15.6. The van der Waals surface area contributed by atoms with E-state index in [1.165, 1.54) is 6.21 Å². The van der Waals surface area contributed by atoms with Crippen LogP contribution in [0.5, 0.6) is 0 Å². The lowest BCUT2D eigenvalue weighted by Gasteiger charge is -2.20. The van der Waals surface area contributed by atoms with Crippen LogP contribution in [0.15, 0.2) is 52.0 Å². The molecule has 1 saturated heterocycles. The van der Waals surface area contributed by atoms with Gasteiger partial charge in [-0.05, 0) is 37.0 Å². The van der Waals surface area contributed by atoms with E-state index < -0.39 is 17.5 Å². The Morgan fingerprint density at radius 1 is 1.24 bits per heavy atom. The van der Waals surface area contributed by atoms with E-state index in [9.17, 15) is 9.59 Å². The third kappa shape index (κ3) is 2.63. The summed E-state index contributed by atoms with van der Waals surface area (Å²) in [6.07, 6.45) is 2.54. The van der Waals surface area contributed by atoms with Crippen LogP contribution in [0.4, 0.5) is 4.79 Å². The number of nitrogens with one attached hydrogen (secondary N) is 1. The number of nitrogens with zero attached hydrogens (tertiary/aromatic N) is 2. The molecule has 1 aliphatic heterocycles. The fourth-order valence-corrected chi connectivity index (χ4v) is 3.17. The lowest BCUT2D eigenvalue weighted by atomic mass is 9.92. The van der Waals surface area contributed by atoms with Crippen molar-refractivity contribution in [1.82, 2.24) is 10.3 Å². The normalized spacial score (nSPS) is 28.6. The number of amides is 3. The summed E-state index contributed by atoms with van der Waals surface area (Å²) in [5, 5.41) is 7.61. The number of hydrogen-bond acceptors (Lipinski definition) is 4. The number of benzene rings is 1. The lowest BCUT2D eigenvalue weighted by Crippen LogP contribution is -2.40. The van der Waals surface area contributed by atoms with Crippen LogP contribution in [0.25, 0.3) is 0 Å². The first-order chi connectivity index (χ1) is 12.0. The fraction of sp³-hybridized carbons (Fsp3) is 0.316. The Morgan fingerprint density at radius 2 is 1.96 bits per heavy atom. The van der Waals surface area contributed by atoms with E-state index >= 15 is 0 Å². The molecule has 1 aliphatic carbocycles. The predicted molar refractivity (Wildman–Crippen MR) is 92.0 cm³/mol. The molecule has 128 valence electrons. The second-order valence-corrected chi connectivity index (χ2v) is 6.84. The van der Waals surface area contributed by atoms with Crippen LogP contribution in [0.2, 0.25) is 0 Å². The highest BCUT2D eigenvalue weighted by Gasteiger charge is 2.49. The molecule has 3 amide bonds. The lowest BCUT2D eigenvalue weighted by molar-refractivity contribution is -0.131. The van der Waals surface area contributed by atoms with Crippen LogP contribution in [0, 0.1) is 5.92 Å². The van der Waals surface area contributed by atoms with Gasteiger partial charge in [0.05, 0.1) is 6.21 Å². The Hall–Kier alpha value is -2.89. The largest absolute Gasteiger partial charge is 0.460 e.